The third-order valence-corrected chi connectivity index (χ3v) is 4.53. The lowest BCUT2D eigenvalue weighted by molar-refractivity contribution is -0.144. The van der Waals surface area contributed by atoms with E-state index in [4.69, 9.17) is 5.11 Å². The predicted molar refractivity (Wildman–Crippen MR) is 68.1 cm³/mol. The molecule has 2 aliphatic rings. The summed E-state index contributed by atoms with van der Waals surface area (Å²) in [5, 5.41) is 12.2. The number of rotatable bonds is 3. The van der Waals surface area contributed by atoms with Crippen molar-refractivity contribution in [2.45, 2.75) is 63.8 Å². The van der Waals surface area contributed by atoms with E-state index in [9.17, 15) is 9.59 Å². The van der Waals surface area contributed by atoms with Gasteiger partial charge in [-0.15, -0.1) is 0 Å². The molecule has 4 nitrogen and oxygen atoms in total. The Labute approximate surface area is 108 Å². The first-order valence-corrected chi connectivity index (χ1v) is 7.05. The second-order valence-electron chi connectivity index (χ2n) is 6.16. The highest BCUT2D eigenvalue weighted by molar-refractivity contribution is 5.80. The van der Waals surface area contributed by atoms with Gasteiger partial charge in [0.15, 0.2) is 0 Å². The molecule has 0 aromatic heterocycles. The first kappa shape index (κ1) is 13.4. The number of carbonyl (C=O) groups excluding carboxylic acids is 1. The molecule has 102 valence electrons. The van der Waals surface area contributed by atoms with Crippen LogP contribution in [0.2, 0.25) is 0 Å². The molecule has 18 heavy (non-hydrogen) atoms. The van der Waals surface area contributed by atoms with Gasteiger partial charge in [-0.1, -0.05) is 19.3 Å². The standard InChI is InChI=1S/C14H23NO3/c1-14(7-2-3-8-14)15-12(16)10-5-4-6-11(9-10)13(17)18/h10-11H,2-9H2,1H3,(H,15,16)(H,17,18). The van der Waals surface area contributed by atoms with E-state index in [1.54, 1.807) is 0 Å². The van der Waals surface area contributed by atoms with Crippen LogP contribution in [0.1, 0.15) is 58.3 Å². The van der Waals surface area contributed by atoms with Crippen molar-refractivity contribution in [1.82, 2.24) is 5.32 Å². The normalized spacial score (nSPS) is 30.9. The number of carboxylic acids is 1. The van der Waals surface area contributed by atoms with Gasteiger partial charge < -0.3 is 10.4 Å². The quantitative estimate of drug-likeness (QED) is 0.811. The highest BCUT2D eigenvalue weighted by Crippen LogP contribution is 2.32. The van der Waals surface area contributed by atoms with Crippen molar-refractivity contribution in [2.75, 3.05) is 0 Å². The third kappa shape index (κ3) is 3.03. The van der Waals surface area contributed by atoms with Gasteiger partial charge >= 0.3 is 5.97 Å². The molecule has 0 bridgehead atoms. The Kier molecular flexibility index (Phi) is 3.93. The molecule has 2 aliphatic carbocycles. The summed E-state index contributed by atoms with van der Waals surface area (Å²) in [6, 6.07) is 0. The van der Waals surface area contributed by atoms with Gasteiger partial charge in [-0.05, 0) is 39.0 Å². The lowest BCUT2D eigenvalue weighted by Gasteiger charge is -2.31. The first-order valence-electron chi connectivity index (χ1n) is 7.05. The van der Waals surface area contributed by atoms with Crippen molar-refractivity contribution in [3.8, 4) is 0 Å². The van der Waals surface area contributed by atoms with Gasteiger partial charge in [0.1, 0.15) is 0 Å². The minimum absolute atomic E-state index is 0.0484. The molecule has 2 atom stereocenters. The van der Waals surface area contributed by atoms with E-state index < -0.39 is 5.97 Å². The molecule has 0 spiro atoms. The number of nitrogens with one attached hydrogen (secondary N) is 1. The molecule has 0 heterocycles. The van der Waals surface area contributed by atoms with E-state index in [1.807, 2.05) is 0 Å². The zero-order chi connectivity index (χ0) is 13.2. The van der Waals surface area contributed by atoms with Crippen molar-refractivity contribution in [1.29, 1.82) is 0 Å². The maximum atomic E-state index is 12.2. The summed E-state index contributed by atoms with van der Waals surface area (Å²) < 4.78 is 0. The van der Waals surface area contributed by atoms with Crippen LogP contribution in [0.3, 0.4) is 0 Å². The molecule has 2 N–H and O–H groups in total. The Morgan fingerprint density at radius 3 is 2.33 bits per heavy atom. The summed E-state index contributed by atoms with van der Waals surface area (Å²) in [5.41, 5.74) is -0.0484. The molecular formula is C14H23NO3. The highest BCUT2D eigenvalue weighted by Gasteiger charge is 2.35. The number of hydrogen-bond acceptors (Lipinski definition) is 2. The van der Waals surface area contributed by atoms with Gasteiger partial charge in [-0.25, -0.2) is 0 Å². The Balaban J connectivity index is 1.90. The molecule has 2 fully saturated rings. The smallest absolute Gasteiger partial charge is 0.306 e. The van der Waals surface area contributed by atoms with E-state index in [0.717, 1.165) is 32.1 Å². The van der Waals surface area contributed by atoms with Crippen molar-refractivity contribution < 1.29 is 14.7 Å². The van der Waals surface area contributed by atoms with Gasteiger partial charge in [0.2, 0.25) is 5.91 Å². The summed E-state index contributed by atoms with van der Waals surface area (Å²) in [7, 11) is 0. The number of hydrogen-bond donors (Lipinski definition) is 2. The third-order valence-electron chi connectivity index (χ3n) is 4.53. The van der Waals surface area contributed by atoms with Crippen LogP contribution in [-0.2, 0) is 9.59 Å². The van der Waals surface area contributed by atoms with Crippen LogP contribution in [0.4, 0.5) is 0 Å². The summed E-state index contributed by atoms with van der Waals surface area (Å²) in [5.74, 6) is -1.10. The molecule has 0 radical (unpaired) electrons. The van der Waals surface area contributed by atoms with Gasteiger partial charge in [-0.3, -0.25) is 9.59 Å². The molecule has 4 heteroatoms. The largest absolute Gasteiger partial charge is 0.481 e. The van der Waals surface area contributed by atoms with Crippen molar-refractivity contribution >= 4 is 11.9 Å². The van der Waals surface area contributed by atoms with Gasteiger partial charge in [-0.2, -0.15) is 0 Å². The molecule has 0 saturated heterocycles. The molecule has 0 aromatic rings. The number of amides is 1. The van der Waals surface area contributed by atoms with Gasteiger partial charge in [0, 0.05) is 11.5 Å². The fourth-order valence-electron chi connectivity index (χ4n) is 3.33. The Bertz CT molecular complexity index is 334. The van der Waals surface area contributed by atoms with E-state index in [0.29, 0.717) is 6.42 Å². The molecule has 2 unspecified atom stereocenters. The Morgan fingerprint density at radius 1 is 1.11 bits per heavy atom. The van der Waals surface area contributed by atoms with Crippen molar-refractivity contribution in [3.05, 3.63) is 0 Å². The van der Waals surface area contributed by atoms with Crippen LogP contribution in [0.5, 0.6) is 0 Å². The van der Waals surface area contributed by atoms with Crippen LogP contribution in [0, 0.1) is 11.8 Å². The average Bonchev–Trinajstić information content (AvgIpc) is 2.76. The van der Waals surface area contributed by atoms with E-state index in [2.05, 4.69) is 12.2 Å². The van der Waals surface area contributed by atoms with Crippen LogP contribution >= 0.6 is 0 Å². The van der Waals surface area contributed by atoms with Crippen LogP contribution in [0.25, 0.3) is 0 Å². The van der Waals surface area contributed by atoms with Crippen LogP contribution < -0.4 is 5.32 Å². The zero-order valence-corrected chi connectivity index (χ0v) is 11.1. The second kappa shape index (κ2) is 5.29. The summed E-state index contributed by atoms with van der Waals surface area (Å²) >= 11 is 0. The van der Waals surface area contributed by atoms with E-state index in [1.165, 1.54) is 12.8 Å². The lowest BCUT2D eigenvalue weighted by atomic mass is 9.80. The van der Waals surface area contributed by atoms with Crippen LogP contribution in [-0.4, -0.2) is 22.5 Å². The van der Waals surface area contributed by atoms with Crippen LogP contribution in [0.15, 0.2) is 0 Å². The SMILES string of the molecule is CC1(NC(=O)C2CCCC(C(=O)O)C2)CCCC1. The highest BCUT2D eigenvalue weighted by atomic mass is 16.4. The lowest BCUT2D eigenvalue weighted by Crippen LogP contribution is -2.47. The summed E-state index contributed by atoms with van der Waals surface area (Å²) in [4.78, 5) is 23.2. The molecule has 0 aliphatic heterocycles. The first-order chi connectivity index (χ1) is 8.50. The zero-order valence-electron chi connectivity index (χ0n) is 11.1. The maximum Gasteiger partial charge on any atom is 0.306 e. The Hall–Kier alpha value is -1.06. The second-order valence-corrected chi connectivity index (χ2v) is 6.16. The van der Waals surface area contributed by atoms with Crippen molar-refractivity contribution in [3.63, 3.8) is 0 Å². The average molecular weight is 253 g/mol. The molecule has 2 saturated carbocycles. The van der Waals surface area contributed by atoms with Crippen molar-refractivity contribution in [2.24, 2.45) is 11.8 Å². The number of aliphatic carboxylic acids is 1. The number of carbonyl (C=O) groups is 2. The minimum atomic E-state index is -0.750. The van der Waals surface area contributed by atoms with Gasteiger partial charge in [0.25, 0.3) is 0 Å². The fraction of sp³-hybridized carbons (Fsp3) is 0.857. The maximum absolute atomic E-state index is 12.2. The van der Waals surface area contributed by atoms with Gasteiger partial charge in [0.05, 0.1) is 5.92 Å². The van der Waals surface area contributed by atoms with E-state index in [-0.39, 0.29) is 23.3 Å². The topological polar surface area (TPSA) is 66.4 Å². The fourth-order valence-corrected chi connectivity index (χ4v) is 3.33. The summed E-state index contributed by atoms with van der Waals surface area (Å²) in [6.45, 7) is 2.11. The molecule has 1 amide bonds. The predicted octanol–water partition coefficient (Wildman–Crippen LogP) is 2.33. The summed E-state index contributed by atoms with van der Waals surface area (Å²) in [6.07, 6.45) is 7.38. The molecule has 0 aromatic carbocycles. The molecule has 2 rings (SSSR count). The Morgan fingerprint density at radius 2 is 1.72 bits per heavy atom. The minimum Gasteiger partial charge on any atom is -0.481 e. The van der Waals surface area contributed by atoms with E-state index >= 15 is 0 Å². The molecular weight excluding hydrogens is 230 g/mol. The number of carboxylic acid groups (broad SMARTS) is 1. The monoisotopic (exact) mass is 253 g/mol.